The standard InChI is InChI=1S/C17H22BrN3/c1-21-9-8-16(20-21)11-13(12-19-15-6-7-15)10-14-4-2-3-5-17(14)18/h2-5,8-9,13,15,19H,6-7,10-12H2,1H3. The van der Waals surface area contributed by atoms with Crippen LogP contribution in [0.1, 0.15) is 24.1 Å². The largest absolute Gasteiger partial charge is 0.314 e. The van der Waals surface area contributed by atoms with Gasteiger partial charge >= 0.3 is 0 Å². The molecule has 3 rings (SSSR count). The van der Waals surface area contributed by atoms with Crippen molar-refractivity contribution in [3.8, 4) is 0 Å². The Balaban J connectivity index is 1.67. The highest BCUT2D eigenvalue weighted by Crippen LogP contribution is 2.23. The SMILES string of the molecule is Cn1ccc(CC(CNC2CC2)Cc2ccccc2Br)n1. The average molecular weight is 348 g/mol. The van der Waals surface area contributed by atoms with Gasteiger partial charge in [-0.25, -0.2) is 0 Å². The van der Waals surface area contributed by atoms with E-state index in [2.05, 4.69) is 56.7 Å². The lowest BCUT2D eigenvalue weighted by molar-refractivity contribution is 0.462. The van der Waals surface area contributed by atoms with Crippen LogP contribution in [0.2, 0.25) is 0 Å². The molecular formula is C17H22BrN3. The van der Waals surface area contributed by atoms with Crippen LogP contribution in [-0.4, -0.2) is 22.4 Å². The highest BCUT2D eigenvalue weighted by molar-refractivity contribution is 9.10. The average Bonchev–Trinajstić information content (AvgIpc) is 3.21. The maximum Gasteiger partial charge on any atom is 0.0627 e. The molecule has 4 heteroatoms. The van der Waals surface area contributed by atoms with Crippen molar-refractivity contribution in [3.05, 3.63) is 52.3 Å². The number of aromatic nitrogens is 2. The van der Waals surface area contributed by atoms with Crippen molar-refractivity contribution < 1.29 is 0 Å². The fourth-order valence-corrected chi connectivity index (χ4v) is 3.13. The molecule has 1 aliphatic rings. The second-order valence-electron chi connectivity index (χ2n) is 6.03. The molecule has 112 valence electrons. The Bertz CT molecular complexity index is 589. The minimum Gasteiger partial charge on any atom is -0.314 e. The molecule has 0 aliphatic heterocycles. The maximum atomic E-state index is 4.53. The van der Waals surface area contributed by atoms with Crippen molar-refractivity contribution >= 4 is 15.9 Å². The van der Waals surface area contributed by atoms with E-state index < -0.39 is 0 Å². The van der Waals surface area contributed by atoms with Crippen LogP contribution in [0.15, 0.2) is 41.0 Å². The van der Waals surface area contributed by atoms with Crippen LogP contribution in [0.5, 0.6) is 0 Å². The monoisotopic (exact) mass is 347 g/mol. The van der Waals surface area contributed by atoms with E-state index in [1.165, 1.54) is 28.6 Å². The Morgan fingerprint density at radius 1 is 1.29 bits per heavy atom. The summed E-state index contributed by atoms with van der Waals surface area (Å²) < 4.78 is 3.10. The number of hydrogen-bond acceptors (Lipinski definition) is 2. The molecule has 3 nitrogen and oxygen atoms in total. The number of nitrogens with one attached hydrogen (secondary N) is 1. The summed E-state index contributed by atoms with van der Waals surface area (Å²) in [5, 5.41) is 8.21. The summed E-state index contributed by atoms with van der Waals surface area (Å²) in [7, 11) is 1.98. The molecule has 1 unspecified atom stereocenters. The molecule has 1 atom stereocenters. The first kappa shape index (κ1) is 14.8. The van der Waals surface area contributed by atoms with Crippen LogP contribution in [0.25, 0.3) is 0 Å². The molecule has 1 heterocycles. The van der Waals surface area contributed by atoms with Crippen LogP contribution < -0.4 is 5.32 Å². The Labute approximate surface area is 134 Å². The fourth-order valence-electron chi connectivity index (χ4n) is 2.68. The van der Waals surface area contributed by atoms with E-state index in [4.69, 9.17) is 0 Å². The van der Waals surface area contributed by atoms with Crippen molar-refractivity contribution in [2.45, 2.75) is 31.7 Å². The summed E-state index contributed by atoms with van der Waals surface area (Å²) in [5.41, 5.74) is 2.57. The first-order valence-electron chi connectivity index (χ1n) is 7.66. The zero-order chi connectivity index (χ0) is 14.7. The smallest absolute Gasteiger partial charge is 0.0627 e. The molecule has 0 spiro atoms. The van der Waals surface area contributed by atoms with Gasteiger partial charge in [-0.1, -0.05) is 34.1 Å². The van der Waals surface area contributed by atoms with Crippen molar-refractivity contribution in [2.75, 3.05) is 6.54 Å². The minimum absolute atomic E-state index is 0.583. The highest BCUT2D eigenvalue weighted by atomic mass is 79.9. The van der Waals surface area contributed by atoms with Gasteiger partial charge in [-0.3, -0.25) is 4.68 Å². The van der Waals surface area contributed by atoms with Gasteiger partial charge in [0, 0.05) is 23.8 Å². The van der Waals surface area contributed by atoms with Gasteiger partial charge in [0.25, 0.3) is 0 Å². The molecule has 1 saturated carbocycles. The van der Waals surface area contributed by atoms with Gasteiger partial charge in [-0.15, -0.1) is 0 Å². The predicted molar refractivity (Wildman–Crippen MR) is 89.3 cm³/mol. The summed E-state index contributed by atoms with van der Waals surface area (Å²) in [4.78, 5) is 0. The van der Waals surface area contributed by atoms with Gasteiger partial charge in [0.05, 0.1) is 5.69 Å². The van der Waals surface area contributed by atoms with Gasteiger partial charge in [-0.2, -0.15) is 5.10 Å². The van der Waals surface area contributed by atoms with Crippen molar-refractivity contribution in [2.24, 2.45) is 13.0 Å². The maximum absolute atomic E-state index is 4.53. The lowest BCUT2D eigenvalue weighted by atomic mass is 9.94. The molecule has 1 aromatic carbocycles. The van der Waals surface area contributed by atoms with E-state index in [0.29, 0.717) is 5.92 Å². The number of nitrogens with zero attached hydrogens (tertiary/aromatic N) is 2. The van der Waals surface area contributed by atoms with Crippen molar-refractivity contribution in [1.29, 1.82) is 0 Å². The molecular weight excluding hydrogens is 326 g/mol. The van der Waals surface area contributed by atoms with Gasteiger partial charge in [-0.05, 0) is 55.8 Å². The third kappa shape index (κ3) is 4.42. The lowest BCUT2D eigenvalue weighted by Crippen LogP contribution is -2.27. The Hall–Kier alpha value is -1.13. The van der Waals surface area contributed by atoms with Crippen LogP contribution in [0.4, 0.5) is 0 Å². The minimum atomic E-state index is 0.583. The first-order valence-corrected chi connectivity index (χ1v) is 8.45. The van der Waals surface area contributed by atoms with E-state index in [-0.39, 0.29) is 0 Å². The lowest BCUT2D eigenvalue weighted by Gasteiger charge is -2.17. The van der Waals surface area contributed by atoms with Gasteiger partial charge < -0.3 is 5.32 Å². The highest BCUT2D eigenvalue weighted by Gasteiger charge is 2.22. The Kier molecular flexibility index (Phi) is 4.76. The topological polar surface area (TPSA) is 29.9 Å². The number of rotatable bonds is 7. The summed E-state index contributed by atoms with van der Waals surface area (Å²) in [5.74, 6) is 0.583. The quantitative estimate of drug-likeness (QED) is 0.832. The molecule has 1 N–H and O–H groups in total. The molecule has 0 saturated heterocycles. The summed E-state index contributed by atoms with van der Waals surface area (Å²) >= 11 is 3.67. The van der Waals surface area contributed by atoms with E-state index in [1.54, 1.807) is 0 Å². The van der Waals surface area contributed by atoms with E-state index in [9.17, 15) is 0 Å². The number of halogens is 1. The number of hydrogen-bond donors (Lipinski definition) is 1. The van der Waals surface area contributed by atoms with E-state index in [1.807, 2.05) is 17.9 Å². The van der Waals surface area contributed by atoms with E-state index in [0.717, 1.165) is 25.4 Å². The van der Waals surface area contributed by atoms with E-state index >= 15 is 0 Å². The second-order valence-corrected chi connectivity index (χ2v) is 6.88. The Morgan fingerprint density at radius 2 is 2.10 bits per heavy atom. The molecule has 21 heavy (non-hydrogen) atoms. The van der Waals surface area contributed by atoms with Crippen LogP contribution in [0, 0.1) is 5.92 Å². The molecule has 2 aromatic rings. The molecule has 0 radical (unpaired) electrons. The third-order valence-corrected chi connectivity index (χ3v) is 4.78. The van der Waals surface area contributed by atoms with Crippen LogP contribution >= 0.6 is 15.9 Å². The summed E-state index contributed by atoms with van der Waals surface area (Å²) in [6.45, 7) is 1.07. The number of benzene rings is 1. The zero-order valence-corrected chi connectivity index (χ0v) is 14.0. The third-order valence-electron chi connectivity index (χ3n) is 4.01. The Morgan fingerprint density at radius 3 is 2.76 bits per heavy atom. The van der Waals surface area contributed by atoms with Gasteiger partial charge in [0.15, 0.2) is 0 Å². The predicted octanol–water partition coefficient (Wildman–Crippen LogP) is 3.34. The molecule has 1 fully saturated rings. The number of aryl methyl sites for hydroxylation is 1. The second kappa shape index (κ2) is 6.75. The normalized spacial score (nSPS) is 16.1. The molecule has 1 aliphatic carbocycles. The molecule has 1 aromatic heterocycles. The first-order chi connectivity index (χ1) is 10.2. The zero-order valence-electron chi connectivity index (χ0n) is 12.4. The molecule has 0 bridgehead atoms. The molecule has 0 amide bonds. The van der Waals surface area contributed by atoms with Crippen molar-refractivity contribution in [1.82, 2.24) is 15.1 Å². The summed E-state index contributed by atoms with van der Waals surface area (Å²) in [6, 6.07) is 11.4. The summed E-state index contributed by atoms with van der Waals surface area (Å²) in [6.07, 6.45) is 6.81. The van der Waals surface area contributed by atoms with Crippen LogP contribution in [-0.2, 0) is 19.9 Å². The van der Waals surface area contributed by atoms with Gasteiger partial charge in [0.1, 0.15) is 0 Å². The van der Waals surface area contributed by atoms with Crippen molar-refractivity contribution in [3.63, 3.8) is 0 Å². The van der Waals surface area contributed by atoms with Crippen LogP contribution in [0.3, 0.4) is 0 Å². The van der Waals surface area contributed by atoms with Gasteiger partial charge in [0.2, 0.25) is 0 Å². The fraction of sp³-hybridized carbons (Fsp3) is 0.471.